The maximum absolute atomic E-state index is 12.8. The topological polar surface area (TPSA) is 97.8 Å². The number of carbonyl (C=O) groups is 1. The first-order chi connectivity index (χ1) is 18.3. The van der Waals surface area contributed by atoms with Gasteiger partial charge in [-0.2, -0.15) is 0 Å². The van der Waals surface area contributed by atoms with Crippen LogP contribution in [0.1, 0.15) is 22.8 Å². The van der Waals surface area contributed by atoms with Crippen molar-refractivity contribution in [2.75, 3.05) is 18.6 Å². The van der Waals surface area contributed by atoms with E-state index in [1.807, 2.05) is 42.2 Å². The van der Waals surface area contributed by atoms with Crippen LogP contribution in [-0.4, -0.2) is 33.0 Å². The molecule has 0 radical (unpaired) electrons. The molecule has 38 heavy (non-hydrogen) atoms. The molecule has 0 unspecified atom stereocenters. The van der Waals surface area contributed by atoms with Gasteiger partial charge in [0.2, 0.25) is 0 Å². The third-order valence-electron chi connectivity index (χ3n) is 5.60. The van der Waals surface area contributed by atoms with Crippen LogP contribution >= 0.6 is 11.6 Å². The van der Waals surface area contributed by atoms with Crippen LogP contribution in [0.25, 0.3) is 0 Å². The summed E-state index contributed by atoms with van der Waals surface area (Å²) in [5.41, 5.74) is 2.76. The fourth-order valence-corrected chi connectivity index (χ4v) is 5.05. The van der Waals surface area contributed by atoms with Crippen molar-refractivity contribution >= 4 is 38.9 Å². The lowest BCUT2D eigenvalue weighted by molar-refractivity contribution is 0.0981. The molecule has 4 rings (SSSR count). The number of amides is 1. The van der Waals surface area contributed by atoms with E-state index in [1.165, 1.54) is 18.2 Å². The van der Waals surface area contributed by atoms with Crippen LogP contribution in [0.4, 0.5) is 11.4 Å². The quantitative estimate of drug-likeness (QED) is 0.274. The highest BCUT2D eigenvalue weighted by atomic mass is 35.5. The van der Waals surface area contributed by atoms with E-state index in [2.05, 4.69) is 9.71 Å². The second-order valence-electron chi connectivity index (χ2n) is 8.15. The normalized spacial score (nSPS) is 11.0. The van der Waals surface area contributed by atoms with Crippen molar-refractivity contribution in [3.05, 3.63) is 107 Å². The molecule has 0 aliphatic heterocycles. The van der Waals surface area contributed by atoms with E-state index in [-0.39, 0.29) is 15.5 Å². The molecule has 0 aliphatic carbocycles. The highest BCUT2D eigenvalue weighted by Crippen LogP contribution is 2.36. The average molecular weight is 552 g/mol. The molecular formula is C28H26ClN3O5S. The Morgan fingerprint density at radius 1 is 0.974 bits per heavy atom. The zero-order valence-electron chi connectivity index (χ0n) is 20.8. The van der Waals surface area contributed by atoms with Gasteiger partial charge >= 0.3 is 0 Å². The van der Waals surface area contributed by atoms with Crippen molar-refractivity contribution in [1.29, 1.82) is 0 Å². The summed E-state index contributed by atoms with van der Waals surface area (Å²) in [4.78, 5) is 18.9. The van der Waals surface area contributed by atoms with Crippen molar-refractivity contribution in [1.82, 2.24) is 9.71 Å². The first-order valence-corrected chi connectivity index (χ1v) is 13.6. The number of methoxy groups -OCH3 is 1. The number of anilines is 2. The second-order valence-corrected chi connectivity index (χ2v) is 10.3. The Morgan fingerprint density at radius 3 is 2.39 bits per heavy atom. The van der Waals surface area contributed by atoms with Gasteiger partial charge < -0.3 is 14.4 Å². The number of ether oxygens (including phenoxy) is 2. The number of hydrogen-bond acceptors (Lipinski definition) is 7. The molecule has 0 saturated carbocycles. The Morgan fingerprint density at radius 2 is 1.74 bits per heavy atom. The molecule has 0 atom stereocenters. The van der Waals surface area contributed by atoms with Gasteiger partial charge in [-0.05, 0) is 73.2 Å². The monoisotopic (exact) mass is 551 g/mol. The number of nitrogens with one attached hydrogen (secondary N) is 1. The fourth-order valence-electron chi connectivity index (χ4n) is 3.77. The number of carbonyl (C=O) groups excluding carboxylic acids is 1. The smallest absolute Gasteiger partial charge is 0.264 e. The van der Waals surface area contributed by atoms with Crippen molar-refractivity contribution in [3.8, 4) is 11.5 Å². The zero-order chi connectivity index (χ0) is 27.1. The predicted octanol–water partition coefficient (Wildman–Crippen LogP) is 5.60. The van der Waals surface area contributed by atoms with E-state index in [9.17, 15) is 13.2 Å². The number of halogens is 1. The van der Waals surface area contributed by atoms with Crippen LogP contribution in [0, 0.1) is 0 Å². The third-order valence-corrected chi connectivity index (χ3v) is 7.16. The van der Waals surface area contributed by atoms with E-state index in [1.54, 1.807) is 49.8 Å². The predicted molar refractivity (Wildman–Crippen MR) is 147 cm³/mol. The Kier molecular flexibility index (Phi) is 8.50. The molecular weight excluding hydrogens is 526 g/mol. The van der Waals surface area contributed by atoms with Gasteiger partial charge in [0.05, 0.1) is 18.6 Å². The minimum Gasteiger partial charge on any atom is -0.493 e. The van der Waals surface area contributed by atoms with Crippen LogP contribution in [-0.2, 0) is 16.6 Å². The van der Waals surface area contributed by atoms with E-state index in [0.717, 1.165) is 16.9 Å². The van der Waals surface area contributed by atoms with Gasteiger partial charge in [-0.1, -0.05) is 23.7 Å². The second kappa shape index (κ2) is 12.0. The first-order valence-electron chi connectivity index (χ1n) is 11.7. The summed E-state index contributed by atoms with van der Waals surface area (Å²) in [6.07, 6.45) is 3.49. The van der Waals surface area contributed by atoms with Gasteiger partial charge in [-0.3, -0.25) is 9.78 Å². The first kappa shape index (κ1) is 27.0. The van der Waals surface area contributed by atoms with Crippen molar-refractivity contribution in [2.24, 2.45) is 0 Å². The van der Waals surface area contributed by atoms with E-state index in [4.69, 9.17) is 21.1 Å². The molecule has 8 nitrogen and oxygen atoms in total. The molecule has 10 heteroatoms. The maximum atomic E-state index is 12.8. The van der Waals surface area contributed by atoms with Gasteiger partial charge in [0.25, 0.3) is 15.9 Å². The molecule has 0 bridgehead atoms. The van der Waals surface area contributed by atoms with Gasteiger partial charge in [0, 0.05) is 47.0 Å². The summed E-state index contributed by atoms with van der Waals surface area (Å²) in [5, 5.41) is 0.254. The van der Waals surface area contributed by atoms with Crippen molar-refractivity contribution in [2.45, 2.75) is 18.4 Å². The van der Waals surface area contributed by atoms with Gasteiger partial charge in [0.15, 0.2) is 11.5 Å². The van der Waals surface area contributed by atoms with Crippen LogP contribution in [0.3, 0.4) is 0 Å². The molecule has 196 valence electrons. The molecule has 1 N–H and O–H groups in total. The summed E-state index contributed by atoms with van der Waals surface area (Å²) < 4.78 is 38.6. The minimum atomic E-state index is -4.08. The molecule has 0 aliphatic rings. The summed E-state index contributed by atoms with van der Waals surface area (Å²) in [6.45, 7) is 2.86. The Hall–Kier alpha value is -4.08. The summed E-state index contributed by atoms with van der Waals surface area (Å²) in [7, 11) is -2.50. The summed E-state index contributed by atoms with van der Waals surface area (Å²) in [6, 6.07) is 21.8. The molecule has 1 aromatic heterocycles. The van der Waals surface area contributed by atoms with Gasteiger partial charge in [-0.25, -0.2) is 13.1 Å². The van der Waals surface area contributed by atoms with Crippen LogP contribution in [0.5, 0.6) is 11.5 Å². The molecule has 1 amide bonds. The third kappa shape index (κ3) is 6.42. The average Bonchev–Trinajstić information content (AvgIpc) is 2.92. The lowest BCUT2D eigenvalue weighted by atomic mass is 10.1. The van der Waals surface area contributed by atoms with Crippen molar-refractivity contribution < 1.29 is 22.7 Å². The number of benzene rings is 3. The number of hydrogen-bond donors (Lipinski definition) is 1. The van der Waals surface area contributed by atoms with Gasteiger partial charge in [0.1, 0.15) is 0 Å². The lowest BCUT2D eigenvalue weighted by Crippen LogP contribution is -2.30. The number of aromatic nitrogens is 1. The summed E-state index contributed by atoms with van der Waals surface area (Å²) in [5.74, 6) is 0.467. The molecule has 1 heterocycles. The maximum Gasteiger partial charge on any atom is 0.264 e. The number of pyridine rings is 1. The van der Waals surface area contributed by atoms with Gasteiger partial charge in [-0.15, -0.1) is 0 Å². The molecule has 0 saturated heterocycles. The Balaban J connectivity index is 1.63. The summed E-state index contributed by atoms with van der Waals surface area (Å²) >= 11 is 5.90. The Bertz CT molecular complexity index is 1510. The lowest BCUT2D eigenvalue weighted by Gasteiger charge is -2.26. The molecule has 0 spiro atoms. The standard InChI is InChI=1S/C28H26ClN3O5S/c1-3-37-27-17-24(13-14-26(27)36-2)32(19-20-6-5-15-30-18-20)23-11-9-21(10-12-23)28(33)31-38(34,35)25-8-4-7-22(29)16-25/h4-18H,3,19H2,1-2H3,(H,31,33). The van der Waals surface area contributed by atoms with E-state index in [0.29, 0.717) is 24.7 Å². The van der Waals surface area contributed by atoms with E-state index < -0.39 is 15.9 Å². The molecule has 3 aromatic carbocycles. The number of nitrogens with zero attached hydrogens (tertiary/aromatic N) is 2. The Labute approximate surface area is 226 Å². The largest absolute Gasteiger partial charge is 0.493 e. The highest BCUT2D eigenvalue weighted by molar-refractivity contribution is 7.90. The van der Waals surface area contributed by atoms with E-state index >= 15 is 0 Å². The number of rotatable bonds is 10. The highest BCUT2D eigenvalue weighted by Gasteiger charge is 2.20. The number of sulfonamides is 1. The SMILES string of the molecule is CCOc1cc(N(Cc2cccnc2)c2ccc(C(=O)NS(=O)(=O)c3cccc(Cl)c3)cc2)ccc1OC. The zero-order valence-corrected chi connectivity index (χ0v) is 22.4. The molecule has 0 fully saturated rings. The minimum absolute atomic E-state index is 0.0952. The fraction of sp³-hybridized carbons (Fsp3) is 0.143. The van der Waals surface area contributed by atoms with Crippen molar-refractivity contribution in [3.63, 3.8) is 0 Å². The van der Waals surface area contributed by atoms with Crippen LogP contribution in [0.2, 0.25) is 5.02 Å². The molecule has 4 aromatic rings. The van der Waals surface area contributed by atoms with Crippen LogP contribution < -0.4 is 19.1 Å². The van der Waals surface area contributed by atoms with Crippen LogP contribution in [0.15, 0.2) is 96.2 Å².